The van der Waals surface area contributed by atoms with Crippen molar-refractivity contribution in [1.29, 1.82) is 0 Å². The first-order chi connectivity index (χ1) is 9.83. The highest BCUT2D eigenvalue weighted by atomic mass is 19.4. The van der Waals surface area contributed by atoms with Gasteiger partial charge in [-0.25, -0.2) is 0 Å². The van der Waals surface area contributed by atoms with Crippen LogP contribution in [0.1, 0.15) is 16.7 Å². The molecule has 0 fully saturated rings. The van der Waals surface area contributed by atoms with Gasteiger partial charge in [0, 0.05) is 17.8 Å². The number of anilines is 1. The number of ether oxygens (including phenoxy) is 1. The highest BCUT2D eigenvalue weighted by Gasteiger charge is 2.31. The first-order valence-electron chi connectivity index (χ1n) is 6.49. The Labute approximate surface area is 121 Å². The molecule has 0 atom stereocenters. The molecule has 0 aliphatic heterocycles. The number of benzene rings is 2. The molecule has 5 heteroatoms. The van der Waals surface area contributed by atoms with E-state index in [0.29, 0.717) is 5.56 Å². The van der Waals surface area contributed by atoms with Crippen molar-refractivity contribution >= 4 is 5.69 Å². The molecule has 0 saturated heterocycles. The molecule has 0 heterocycles. The van der Waals surface area contributed by atoms with Crippen LogP contribution in [0.3, 0.4) is 0 Å². The van der Waals surface area contributed by atoms with Crippen LogP contribution in [0.25, 0.3) is 0 Å². The van der Waals surface area contributed by atoms with E-state index in [9.17, 15) is 13.2 Å². The zero-order valence-corrected chi connectivity index (χ0v) is 11.8. The zero-order valence-electron chi connectivity index (χ0n) is 11.8. The Morgan fingerprint density at radius 3 is 2.24 bits per heavy atom. The maximum absolute atomic E-state index is 12.3. The quantitative estimate of drug-likeness (QED) is 0.873. The van der Waals surface area contributed by atoms with Gasteiger partial charge in [0.1, 0.15) is 5.75 Å². The van der Waals surface area contributed by atoms with E-state index >= 15 is 0 Å². The second kappa shape index (κ2) is 6.08. The maximum atomic E-state index is 12.3. The maximum Gasteiger partial charge on any atom is 0.573 e. The fourth-order valence-electron chi connectivity index (χ4n) is 2.15. The predicted molar refractivity (Wildman–Crippen MR) is 76.4 cm³/mol. The number of hydrogen-bond donors (Lipinski definition) is 1. The molecule has 2 aromatic carbocycles. The molecule has 0 unspecified atom stereocenters. The standard InChI is InChI=1S/C16H16F3NO/c1-11-7-12(2)9-14(8-11)20-10-13-5-3-4-6-15(13)21-16(17,18)19/h3-9,20H,10H2,1-2H3. The lowest BCUT2D eigenvalue weighted by atomic mass is 10.1. The summed E-state index contributed by atoms with van der Waals surface area (Å²) in [7, 11) is 0. The fourth-order valence-corrected chi connectivity index (χ4v) is 2.15. The number of rotatable bonds is 4. The van der Waals surface area contributed by atoms with Crippen molar-refractivity contribution in [1.82, 2.24) is 0 Å². The predicted octanol–water partition coefficient (Wildman–Crippen LogP) is 4.81. The second-order valence-electron chi connectivity index (χ2n) is 4.89. The molecule has 0 saturated carbocycles. The average Bonchev–Trinajstić information content (AvgIpc) is 2.35. The third-order valence-corrected chi connectivity index (χ3v) is 2.90. The summed E-state index contributed by atoms with van der Waals surface area (Å²) in [5.41, 5.74) is 3.51. The van der Waals surface area contributed by atoms with Gasteiger partial charge in [-0.2, -0.15) is 0 Å². The SMILES string of the molecule is Cc1cc(C)cc(NCc2ccccc2OC(F)(F)F)c1. The number of halogens is 3. The van der Waals surface area contributed by atoms with Gasteiger partial charge >= 0.3 is 6.36 Å². The molecule has 0 aliphatic carbocycles. The summed E-state index contributed by atoms with van der Waals surface area (Å²) in [6.45, 7) is 4.20. The van der Waals surface area contributed by atoms with E-state index in [1.165, 1.54) is 12.1 Å². The van der Waals surface area contributed by atoms with Crippen molar-refractivity contribution < 1.29 is 17.9 Å². The summed E-state index contributed by atoms with van der Waals surface area (Å²) >= 11 is 0. The second-order valence-corrected chi connectivity index (χ2v) is 4.89. The fraction of sp³-hybridized carbons (Fsp3) is 0.250. The number of aryl methyl sites for hydroxylation is 2. The normalized spacial score (nSPS) is 11.3. The molecule has 0 aromatic heterocycles. The smallest absolute Gasteiger partial charge is 0.405 e. The van der Waals surface area contributed by atoms with Crippen LogP contribution in [0.4, 0.5) is 18.9 Å². The first kappa shape index (κ1) is 15.2. The van der Waals surface area contributed by atoms with Gasteiger partial charge in [-0.1, -0.05) is 24.3 Å². The van der Waals surface area contributed by atoms with E-state index < -0.39 is 6.36 Å². The van der Waals surface area contributed by atoms with Crippen LogP contribution >= 0.6 is 0 Å². The summed E-state index contributed by atoms with van der Waals surface area (Å²) in [4.78, 5) is 0. The summed E-state index contributed by atoms with van der Waals surface area (Å²) in [6, 6.07) is 12.0. The largest absolute Gasteiger partial charge is 0.573 e. The van der Waals surface area contributed by atoms with E-state index in [4.69, 9.17) is 0 Å². The van der Waals surface area contributed by atoms with Gasteiger partial charge in [0.15, 0.2) is 0 Å². The topological polar surface area (TPSA) is 21.3 Å². The molecule has 0 spiro atoms. The zero-order chi connectivity index (χ0) is 15.5. The van der Waals surface area contributed by atoms with E-state index in [0.717, 1.165) is 16.8 Å². The minimum Gasteiger partial charge on any atom is -0.405 e. The molecule has 2 rings (SSSR count). The molecule has 112 valence electrons. The average molecular weight is 295 g/mol. The van der Waals surface area contributed by atoms with E-state index in [1.54, 1.807) is 12.1 Å². The van der Waals surface area contributed by atoms with Gasteiger partial charge in [-0.05, 0) is 43.2 Å². The Hall–Kier alpha value is -2.17. The Balaban J connectivity index is 2.13. The molecular weight excluding hydrogens is 279 g/mol. The van der Waals surface area contributed by atoms with Crippen molar-refractivity contribution in [2.45, 2.75) is 26.8 Å². The summed E-state index contributed by atoms with van der Waals surface area (Å²) in [5, 5.41) is 3.12. The summed E-state index contributed by atoms with van der Waals surface area (Å²) < 4.78 is 41.1. The Bertz CT molecular complexity index is 603. The third kappa shape index (κ3) is 4.70. The molecule has 0 aliphatic rings. The van der Waals surface area contributed by atoms with Crippen molar-refractivity contribution in [3.63, 3.8) is 0 Å². The highest BCUT2D eigenvalue weighted by molar-refractivity contribution is 5.49. The lowest BCUT2D eigenvalue weighted by Gasteiger charge is -2.14. The van der Waals surface area contributed by atoms with Crippen LogP contribution in [0.5, 0.6) is 5.75 Å². The van der Waals surface area contributed by atoms with Gasteiger partial charge in [0.25, 0.3) is 0 Å². The molecule has 2 nitrogen and oxygen atoms in total. The van der Waals surface area contributed by atoms with E-state index in [1.807, 2.05) is 32.0 Å². The molecule has 2 aromatic rings. The molecular formula is C16H16F3NO. The van der Waals surface area contributed by atoms with E-state index in [2.05, 4.69) is 10.1 Å². The van der Waals surface area contributed by atoms with Crippen molar-refractivity contribution in [2.24, 2.45) is 0 Å². The minimum atomic E-state index is -4.68. The lowest BCUT2D eigenvalue weighted by Crippen LogP contribution is -2.18. The monoisotopic (exact) mass is 295 g/mol. The lowest BCUT2D eigenvalue weighted by molar-refractivity contribution is -0.274. The Morgan fingerprint density at radius 1 is 1.00 bits per heavy atom. The highest BCUT2D eigenvalue weighted by Crippen LogP contribution is 2.27. The van der Waals surface area contributed by atoms with Crippen LogP contribution in [0, 0.1) is 13.8 Å². The minimum absolute atomic E-state index is 0.179. The molecule has 0 amide bonds. The number of nitrogens with one attached hydrogen (secondary N) is 1. The van der Waals surface area contributed by atoms with Crippen LogP contribution < -0.4 is 10.1 Å². The molecule has 0 radical (unpaired) electrons. The molecule has 1 N–H and O–H groups in total. The van der Waals surface area contributed by atoms with Gasteiger partial charge < -0.3 is 10.1 Å². The Morgan fingerprint density at radius 2 is 1.62 bits per heavy atom. The third-order valence-electron chi connectivity index (χ3n) is 2.90. The van der Waals surface area contributed by atoms with Gasteiger partial charge in [0.05, 0.1) is 0 Å². The first-order valence-corrected chi connectivity index (χ1v) is 6.49. The van der Waals surface area contributed by atoms with Crippen LogP contribution in [-0.4, -0.2) is 6.36 Å². The number of alkyl halides is 3. The Kier molecular flexibility index (Phi) is 4.40. The number of hydrogen-bond acceptors (Lipinski definition) is 2. The summed E-state index contributed by atoms with van der Waals surface area (Å²) in [5.74, 6) is -0.179. The van der Waals surface area contributed by atoms with Crippen molar-refractivity contribution in [2.75, 3.05) is 5.32 Å². The van der Waals surface area contributed by atoms with Gasteiger partial charge in [-0.15, -0.1) is 13.2 Å². The van der Waals surface area contributed by atoms with Gasteiger partial charge in [-0.3, -0.25) is 0 Å². The molecule has 0 bridgehead atoms. The summed E-state index contributed by atoms with van der Waals surface area (Å²) in [6.07, 6.45) is -4.68. The van der Waals surface area contributed by atoms with Crippen molar-refractivity contribution in [3.05, 3.63) is 59.2 Å². The molecule has 21 heavy (non-hydrogen) atoms. The van der Waals surface area contributed by atoms with Gasteiger partial charge in [0.2, 0.25) is 0 Å². The van der Waals surface area contributed by atoms with E-state index in [-0.39, 0.29) is 12.3 Å². The number of para-hydroxylation sites is 1. The van der Waals surface area contributed by atoms with Crippen LogP contribution in [0.2, 0.25) is 0 Å². The van der Waals surface area contributed by atoms with Crippen LogP contribution in [-0.2, 0) is 6.54 Å². The van der Waals surface area contributed by atoms with Crippen LogP contribution in [0.15, 0.2) is 42.5 Å². The van der Waals surface area contributed by atoms with Crippen molar-refractivity contribution in [3.8, 4) is 5.75 Å².